The molecule has 0 bridgehead atoms. The number of aliphatic hydroxyl groups is 1. The van der Waals surface area contributed by atoms with Crippen molar-refractivity contribution in [2.75, 3.05) is 0 Å². The van der Waals surface area contributed by atoms with Crippen LogP contribution in [0.1, 0.15) is 29.7 Å². The van der Waals surface area contributed by atoms with Crippen LogP contribution < -0.4 is 0 Å². The Morgan fingerprint density at radius 1 is 0.680 bits per heavy atom. The van der Waals surface area contributed by atoms with Gasteiger partial charge >= 0.3 is 0 Å². The van der Waals surface area contributed by atoms with Crippen LogP contribution in [0.25, 0.3) is 0 Å². The number of hydrogen-bond acceptors (Lipinski definition) is 2. The molecule has 3 rings (SSSR count). The van der Waals surface area contributed by atoms with Gasteiger partial charge in [0.15, 0.2) is 0 Å². The van der Waals surface area contributed by atoms with E-state index in [9.17, 15) is 5.11 Å². The Bertz CT molecular complexity index is 699. The van der Waals surface area contributed by atoms with E-state index in [1.807, 2.05) is 37.3 Å². The summed E-state index contributed by atoms with van der Waals surface area (Å²) in [7, 11) is 0. The normalized spacial score (nSPS) is 13.6. The van der Waals surface area contributed by atoms with Crippen LogP contribution >= 0.6 is 0 Å². The third-order valence-corrected chi connectivity index (χ3v) is 4.45. The molecule has 2 atom stereocenters. The molecule has 0 aliphatic rings. The van der Waals surface area contributed by atoms with Gasteiger partial charge in [0.2, 0.25) is 0 Å². The van der Waals surface area contributed by atoms with Gasteiger partial charge in [-0.25, -0.2) is 0 Å². The van der Waals surface area contributed by atoms with Gasteiger partial charge in [0.25, 0.3) is 0 Å². The van der Waals surface area contributed by atoms with Crippen molar-refractivity contribution in [3.63, 3.8) is 0 Å². The predicted octanol–water partition coefficient (Wildman–Crippen LogP) is 4.81. The summed E-state index contributed by atoms with van der Waals surface area (Å²) in [5, 5.41) is 10.6. The number of rotatable bonds is 7. The minimum atomic E-state index is -0.463. The summed E-state index contributed by atoms with van der Waals surface area (Å²) >= 11 is 0. The standard InChI is InChI=1S/C23H25NO/c1-19(25)23(22-15-9-4-10-16-22)24(17-20-11-5-2-6-12-20)18-21-13-7-3-8-14-21/h2-16,19,23,25H,17-18H2,1H3/t19-,23+/m1/s1. The van der Waals surface area contributed by atoms with Crippen molar-refractivity contribution in [1.29, 1.82) is 0 Å². The van der Waals surface area contributed by atoms with Crippen LogP contribution in [0, 0.1) is 0 Å². The van der Waals surface area contributed by atoms with Crippen LogP contribution in [0.5, 0.6) is 0 Å². The Kier molecular flexibility index (Phi) is 5.99. The molecule has 0 heterocycles. The summed E-state index contributed by atoms with van der Waals surface area (Å²) in [4.78, 5) is 2.35. The lowest BCUT2D eigenvalue weighted by Gasteiger charge is -2.34. The second kappa shape index (κ2) is 8.61. The second-order valence-corrected chi connectivity index (χ2v) is 6.47. The lowest BCUT2D eigenvalue weighted by molar-refractivity contribution is 0.0498. The Morgan fingerprint density at radius 2 is 1.08 bits per heavy atom. The molecule has 0 saturated heterocycles. The largest absolute Gasteiger partial charge is 0.391 e. The molecule has 0 spiro atoms. The van der Waals surface area contributed by atoms with Crippen molar-refractivity contribution in [3.05, 3.63) is 108 Å². The molecule has 0 saturated carbocycles. The van der Waals surface area contributed by atoms with Crippen molar-refractivity contribution in [3.8, 4) is 0 Å². The van der Waals surface area contributed by atoms with Crippen LogP contribution in [0.15, 0.2) is 91.0 Å². The maximum absolute atomic E-state index is 10.6. The summed E-state index contributed by atoms with van der Waals surface area (Å²) < 4.78 is 0. The minimum Gasteiger partial charge on any atom is -0.391 e. The van der Waals surface area contributed by atoms with Gasteiger partial charge in [-0.15, -0.1) is 0 Å². The van der Waals surface area contributed by atoms with Gasteiger partial charge < -0.3 is 5.11 Å². The van der Waals surface area contributed by atoms with Crippen LogP contribution in [0.3, 0.4) is 0 Å². The quantitative estimate of drug-likeness (QED) is 0.671. The number of benzene rings is 3. The molecule has 0 aliphatic heterocycles. The van der Waals surface area contributed by atoms with E-state index in [0.29, 0.717) is 0 Å². The molecule has 0 radical (unpaired) electrons. The zero-order valence-electron chi connectivity index (χ0n) is 14.6. The summed E-state index contributed by atoms with van der Waals surface area (Å²) in [6, 6.07) is 31.1. The van der Waals surface area contributed by atoms with Gasteiger partial charge in [-0.2, -0.15) is 0 Å². The predicted molar refractivity (Wildman–Crippen MR) is 103 cm³/mol. The summed E-state index contributed by atoms with van der Waals surface area (Å²) in [6.07, 6.45) is -0.463. The fourth-order valence-electron chi connectivity index (χ4n) is 3.33. The van der Waals surface area contributed by atoms with Gasteiger partial charge in [-0.1, -0.05) is 91.0 Å². The molecule has 25 heavy (non-hydrogen) atoms. The van der Waals surface area contributed by atoms with E-state index in [2.05, 4.69) is 65.6 Å². The van der Waals surface area contributed by atoms with E-state index in [1.54, 1.807) is 0 Å². The van der Waals surface area contributed by atoms with Crippen LogP contribution in [-0.4, -0.2) is 16.1 Å². The van der Waals surface area contributed by atoms with E-state index < -0.39 is 6.10 Å². The zero-order chi connectivity index (χ0) is 17.5. The van der Waals surface area contributed by atoms with Crippen molar-refractivity contribution in [1.82, 2.24) is 4.90 Å². The molecule has 128 valence electrons. The van der Waals surface area contributed by atoms with Gasteiger partial charge in [-0.3, -0.25) is 4.90 Å². The maximum atomic E-state index is 10.6. The molecule has 0 amide bonds. The molecular weight excluding hydrogens is 306 g/mol. The fraction of sp³-hybridized carbons (Fsp3) is 0.217. The molecule has 0 unspecified atom stereocenters. The average molecular weight is 331 g/mol. The van der Waals surface area contributed by atoms with Crippen molar-refractivity contribution >= 4 is 0 Å². The van der Waals surface area contributed by atoms with Crippen LogP contribution in [0.4, 0.5) is 0 Å². The highest BCUT2D eigenvalue weighted by Gasteiger charge is 2.25. The molecule has 0 fully saturated rings. The topological polar surface area (TPSA) is 23.5 Å². The van der Waals surface area contributed by atoms with Crippen LogP contribution in [0.2, 0.25) is 0 Å². The van der Waals surface area contributed by atoms with Crippen molar-refractivity contribution < 1.29 is 5.11 Å². The summed E-state index contributed by atoms with van der Waals surface area (Å²) in [5.41, 5.74) is 3.64. The van der Waals surface area contributed by atoms with Gasteiger partial charge in [0.1, 0.15) is 0 Å². The van der Waals surface area contributed by atoms with Gasteiger partial charge in [0.05, 0.1) is 12.1 Å². The third kappa shape index (κ3) is 4.79. The Balaban J connectivity index is 1.93. The Morgan fingerprint density at radius 3 is 1.48 bits per heavy atom. The third-order valence-electron chi connectivity index (χ3n) is 4.45. The Labute approximate surface area is 150 Å². The number of aliphatic hydroxyl groups excluding tert-OH is 1. The number of nitrogens with zero attached hydrogens (tertiary/aromatic N) is 1. The zero-order valence-corrected chi connectivity index (χ0v) is 14.6. The van der Waals surface area contributed by atoms with Crippen LogP contribution in [-0.2, 0) is 13.1 Å². The summed E-state index contributed by atoms with van der Waals surface area (Å²) in [5.74, 6) is 0. The van der Waals surface area contributed by atoms with E-state index >= 15 is 0 Å². The first-order valence-corrected chi connectivity index (χ1v) is 8.79. The van der Waals surface area contributed by atoms with Crippen molar-refractivity contribution in [2.24, 2.45) is 0 Å². The van der Waals surface area contributed by atoms with E-state index in [1.165, 1.54) is 11.1 Å². The molecular formula is C23H25NO. The van der Waals surface area contributed by atoms with E-state index in [4.69, 9.17) is 0 Å². The van der Waals surface area contributed by atoms with Crippen molar-refractivity contribution in [2.45, 2.75) is 32.2 Å². The summed E-state index contributed by atoms with van der Waals surface area (Å²) in [6.45, 7) is 3.46. The first-order chi connectivity index (χ1) is 12.2. The smallest absolute Gasteiger partial charge is 0.0709 e. The van der Waals surface area contributed by atoms with Gasteiger partial charge in [-0.05, 0) is 23.6 Å². The lowest BCUT2D eigenvalue weighted by atomic mass is 9.99. The first kappa shape index (κ1) is 17.4. The fourth-order valence-corrected chi connectivity index (χ4v) is 3.33. The van der Waals surface area contributed by atoms with E-state index in [-0.39, 0.29) is 6.04 Å². The molecule has 3 aromatic carbocycles. The van der Waals surface area contributed by atoms with E-state index in [0.717, 1.165) is 18.7 Å². The SMILES string of the molecule is C[C@@H](O)[C@@H](c1ccccc1)N(Cc1ccccc1)Cc1ccccc1. The molecule has 2 nitrogen and oxygen atoms in total. The highest BCUT2D eigenvalue weighted by molar-refractivity contribution is 5.23. The molecule has 0 aliphatic carbocycles. The molecule has 0 aromatic heterocycles. The lowest BCUT2D eigenvalue weighted by Crippen LogP contribution is -2.34. The first-order valence-electron chi connectivity index (χ1n) is 8.79. The highest BCUT2D eigenvalue weighted by atomic mass is 16.3. The monoisotopic (exact) mass is 331 g/mol. The molecule has 1 N–H and O–H groups in total. The highest BCUT2D eigenvalue weighted by Crippen LogP contribution is 2.28. The maximum Gasteiger partial charge on any atom is 0.0709 e. The molecule has 2 heteroatoms. The minimum absolute atomic E-state index is 0.0541. The second-order valence-electron chi connectivity index (χ2n) is 6.47. The Hall–Kier alpha value is -2.42. The van der Waals surface area contributed by atoms with Gasteiger partial charge in [0, 0.05) is 13.1 Å². The molecule has 3 aromatic rings. The average Bonchev–Trinajstić information content (AvgIpc) is 2.64. The number of hydrogen-bond donors (Lipinski definition) is 1.